The van der Waals surface area contributed by atoms with Gasteiger partial charge < -0.3 is 24.1 Å². The Morgan fingerprint density at radius 2 is 1.86 bits per heavy atom. The summed E-state index contributed by atoms with van der Waals surface area (Å²) < 4.78 is 51.0. The average Bonchev–Trinajstić information content (AvgIpc) is 3.32. The van der Waals surface area contributed by atoms with Gasteiger partial charge in [0.1, 0.15) is 23.7 Å². The quantitative estimate of drug-likeness (QED) is 0.360. The van der Waals surface area contributed by atoms with Crippen LogP contribution in [0.2, 0.25) is 0 Å². The second-order valence-electron chi connectivity index (χ2n) is 10.9. The molecule has 0 saturated carbocycles. The fraction of sp³-hybridized carbons (Fsp3) is 0.393. The summed E-state index contributed by atoms with van der Waals surface area (Å²) in [6.07, 6.45) is -3.08. The summed E-state index contributed by atoms with van der Waals surface area (Å²) in [7, 11) is 0. The van der Waals surface area contributed by atoms with Gasteiger partial charge in [-0.25, -0.2) is 33.1 Å². The molecule has 5 rings (SSSR count). The SMILES string of the molecule is Cc1c(-c2cc3cc(NC(=O)OC4COCC4F)ncc3c(NC(=O)OC(C)(C)C)c2F)cnc2c1N(C(=O)O)CCO2. The van der Waals surface area contributed by atoms with E-state index in [-0.39, 0.29) is 66.0 Å². The minimum Gasteiger partial charge on any atom is -0.474 e. The molecule has 3 aromatic rings. The second kappa shape index (κ2) is 11.5. The third-order valence-corrected chi connectivity index (χ3v) is 6.66. The van der Waals surface area contributed by atoms with Gasteiger partial charge in [-0.2, -0.15) is 0 Å². The second-order valence-corrected chi connectivity index (χ2v) is 10.9. The number of carboxylic acid groups (broad SMARTS) is 1. The van der Waals surface area contributed by atoms with Crippen LogP contribution in [-0.2, 0) is 14.2 Å². The van der Waals surface area contributed by atoms with Gasteiger partial charge in [-0.1, -0.05) is 0 Å². The van der Waals surface area contributed by atoms with E-state index in [1.54, 1.807) is 27.7 Å². The number of amides is 3. The molecule has 13 nitrogen and oxygen atoms in total. The predicted octanol–water partition coefficient (Wildman–Crippen LogP) is 5.25. The number of hydrogen-bond acceptors (Lipinski definition) is 9. The van der Waals surface area contributed by atoms with Crippen molar-refractivity contribution in [1.82, 2.24) is 9.97 Å². The van der Waals surface area contributed by atoms with Crippen molar-refractivity contribution in [1.29, 1.82) is 0 Å². The highest BCUT2D eigenvalue weighted by atomic mass is 19.1. The standard InChI is InChI=1S/C28H29F2N5O8/c1-13-16(9-32-24-23(13)35(27(38)39)5-6-41-24)15-7-14-8-20(33-25(36)42-19-12-40-11-18(19)29)31-10-17(14)22(21(15)30)34-26(37)43-28(2,3)4/h7-10,18-19H,5-6,11-12H2,1-4H3,(H,34,37)(H,38,39)(H,31,33,36). The Bertz CT molecular complexity index is 1610. The van der Waals surface area contributed by atoms with Crippen molar-refractivity contribution < 1.29 is 47.2 Å². The van der Waals surface area contributed by atoms with Gasteiger partial charge in [0.15, 0.2) is 18.1 Å². The van der Waals surface area contributed by atoms with Gasteiger partial charge in [-0.3, -0.25) is 15.5 Å². The normalized spacial score (nSPS) is 18.0. The first-order valence-electron chi connectivity index (χ1n) is 13.3. The minimum atomic E-state index is -1.46. The van der Waals surface area contributed by atoms with Gasteiger partial charge >= 0.3 is 18.3 Å². The lowest BCUT2D eigenvalue weighted by molar-refractivity contribution is 0.0635. The fourth-order valence-corrected chi connectivity index (χ4v) is 4.75. The van der Waals surface area contributed by atoms with E-state index in [1.165, 1.54) is 24.5 Å². The van der Waals surface area contributed by atoms with Crippen molar-refractivity contribution in [3.63, 3.8) is 0 Å². The molecule has 3 N–H and O–H groups in total. The molecular formula is C28H29F2N5O8. The molecule has 43 heavy (non-hydrogen) atoms. The molecule has 4 heterocycles. The third kappa shape index (κ3) is 6.21. The van der Waals surface area contributed by atoms with Crippen molar-refractivity contribution in [3.8, 4) is 17.0 Å². The number of alkyl halides is 1. The molecule has 228 valence electrons. The van der Waals surface area contributed by atoms with E-state index in [4.69, 9.17) is 18.9 Å². The number of rotatable bonds is 4. The summed E-state index contributed by atoms with van der Waals surface area (Å²) in [4.78, 5) is 46.5. The zero-order valence-corrected chi connectivity index (χ0v) is 23.7. The maximum absolute atomic E-state index is 16.3. The Morgan fingerprint density at radius 3 is 2.53 bits per heavy atom. The number of hydrogen-bond donors (Lipinski definition) is 3. The maximum atomic E-state index is 16.3. The van der Waals surface area contributed by atoms with E-state index < -0.39 is 42.0 Å². The first-order chi connectivity index (χ1) is 20.3. The van der Waals surface area contributed by atoms with Gasteiger partial charge in [-0.05, 0) is 50.8 Å². The molecule has 0 spiro atoms. The largest absolute Gasteiger partial charge is 0.474 e. The van der Waals surface area contributed by atoms with Crippen LogP contribution >= 0.6 is 0 Å². The van der Waals surface area contributed by atoms with Crippen molar-refractivity contribution in [2.45, 2.75) is 45.6 Å². The molecule has 3 amide bonds. The van der Waals surface area contributed by atoms with Crippen molar-refractivity contribution >= 4 is 46.2 Å². The summed E-state index contributed by atoms with van der Waals surface area (Å²) >= 11 is 0. The summed E-state index contributed by atoms with van der Waals surface area (Å²) in [6, 6.07) is 2.85. The van der Waals surface area contributed by atoms with E-state index in [0.717, 1.165) is 4.90 Å². The molecule has 2 aliphatic heterocycles. The predicted molar refractivity (Wildman–Crippen MR) is 150 cm³/mol. The number of nitrogens with one attached hydrogen (secondary N) is 2. The third-order valence-electron chi connectivity index (χ3n) is 6.66. The Labute approximate surface area is 244 Å². The molecule has 2 aliphatic rings. The molecule has 0 aliphatic carbocycles. The molecule has 1 saturated heterocycles. The van der Waals surface area contributed by atoms with Crippen LogP contribution < -0.4 is 20.3 Å². The van der Waals surface area contributed by atoms with Gasteiger partial charge in [0.05, 0.1) is 25.4 Å². The Morgan fingerprint density at radius 1 is 1.09 bits per heavy atom. The van der Waals surface area contributed by atoms with E-state index in [2.05, 4.69) is 20.6 Å². The zero-order valence-electron chi connectivity index (χ0n) is 23.7. The van der Waals surface area contributed by atoms with Crippen LogP contribution in [0.1, 0.15) is 26.3 Å². The van der Waals surface area contributed by atoms with Gasteiger partial charge in [-0.15, -0.1) is 0 Å². The number of nitrogens with zero attached hydrogens (tertiary/aromatic N) is 3. The fourth-order valence-electron chi connectivity index (χ4n) is 4.75. The van der Waals surface area contributed by atoms with E-state index in [0.29, 0.717) is 10.9 Å². The molecule has 15 heteroatoms. The lowest BCUT2D eigenvalue weighted by atomic mass is 9.96. The highest BCUT2D eigenvalue weighted by Crippen LogP contribution is 2.42. The lowest BCUT2D eigenvalue weighted by Gasteiger charge is -2.29. The van der Waals surface area contributed by atoms with Crippen LogP contribution in [0, 0.1) is 12.7 Å². The molecule has 1 fully saturated rings. The van der Waals surface area contributed by atoms with E-state index in [1.807, 2.05) is 0 Å². The number of pyridine rings is 2. The Balaban J connectivity index is 1.59. The lowest BCUT2D eigenvalue weighted by Crippen LogP contribution is -2.37. The van der Waals surface area contributed by atoms with Crippen LogP contribution in [0.15, 0.2) is 24.5 Å². The summed E-state index contributed by atoms with van der Waals surface area (Å²) in [6.45, 7) is 6.44. The number of ether oxygens (including phenoxy) is 4. The van der Waals surface area contributed by atoms with Crippen LogP contribution in [0.4, 0.5) is 40.4 Å². The summed E-state index contributed by atoms with van der Waals surface area (Å²) in [5.41, 5.74) is -0.432. The van der Waals surface area contributed by atoms with Crippen molar-refractivity contribution in [2.24, 2.45) is 0 Å². The first kappa shape index (κ1) is 29.7. The number of fused-ring (bicyclic) bond motifs is 2. The Hall–Kier alpha value is -4.79. The summed E-state index contributed by atoms with van der Waals surface area (Å²) in [5.74, 6) is -0.780. The monoisotopic (exact) mass is 601 g/mol. The first-order valence-corrected chi connectivity index (χ1v) is 13.3. The van der Waals surface area contributed by atoms with Crippen LogP contribution in [0.5, 0.6) is 5.88 Å². The molecule has 2 atom stereocenters. The highest BCUT2D eigenvalue weighted by molar-refractivity contribution is 6.04. The minimum absolute atomic E-state index is 0.00154. The number of halogens is 2. The maximum Gasteiger partial charge on any atom is 0.413 e. The Kier molecular flexibility index (Phi) is 7.92. The molecule has 0 radical (unpaired) electrons. The number of benzene rings is 1. The average molecular weight is 602 g/mol. The molecule has 0 bridgehead atoms. The van der Waals surface area contributed by atoms with Gasteiger partial charge in [0, 0.05) is 28.9 Å². The topological polar surface area (TPSA) is 161 Å². The molecule has 1 aromatic carbocycles. The highest BCUT2D eigenvalue weighted by Gasteiger charge is 2.32. The van der Waals surface area contributed by atoms with Gasteiger partial charge in [0.2, 0.25) is 5.88 Å². The molecule has 2 unspecified atom stereocenters. The van der Waals surface area contributed by atoms with Crippen LogP contribution in [0.3, 0.4) is 0 Å². The van der Waals surface area contributed by atoms with Crippen LogP contribution in [-0.4, -0.2) is 77.6 Å². The van der Waals surface area contributed by atoms with Crippen molar-refractivity contribution in [2.75, 3.05) is 41.9 Å². The summed E-state index contributed by atoms with van der Waals surface area (Å²) in [5, 5.41) is 15.1. The van der Waals surface area contributed by atoms with Crippen LogP contribution in [0.25, 0.3) is 21.9 Å². The zero-order chi connectivity index (χ0) is 31.1. The van der Waals surface area contributed by atoms with E-state index >= 15 is 4.39 Å². The number of carbonyl (C=O) groups is 3. The van der Waals surface area contributed by atoms with E-state index in [9.17, 15) is 23.9 Å². The smallest absolute Gasteiger partial charge is 0.413 e. The number of aromatic nitrogens is 2. The molecule has 2 aromatic heterocycles. The van der Waals surface area contributed by atoms with Gasteiger partial charge in [0.25, 0.3) is 0 Å². The van der Waals surface area contributed by atoms with Crippen molar-refractivity contribution in [3.05, 3.63) is 35.9 Å². The number of anilines is 3. The number of carbonyl (C=O) groups excluding carboxylic acids is 2. The molecular weight excluding hydrogens is 572 g/mol.